The summed E-state index contributed by atoms with van der Waals surface area (Å²) in [6.45, 7) is 1.81. The fourth-order valence-corrected chi connectivity index (χ4v) is 3.08. The molecule has 0 radical (unpaired) electrons. The Morgan fingerprint density at radius 1 is 0.793 bits per heavy atom. The van der Waals surface area contributed by atoms with Gasteiger partial charge in [0.1, 0.15) is 12.3 Å². The van der Waals surface area contributed by atoms with Crippen molar-refractivity contribution in [3.05, 3.63) is 90.5 Å². The summed E-state index contributed by atoms with van der Waals surface area (Å²) < 4.78 is 5.25. The highest BCUT2D eigenvalue weighted by molar-refractivity contribution is 6.03. The van der Waals surface area contributed by atoms with Crippen LogP contribution < -0.4 is 14.5 Å². The molecule has 0 bridgehead atoms. The highest BCUT2D eigenvalue weighted by Crippen LogP contribution is 2.23. The zero-order chi connectivity index (χ0) is 20.6. The van der Waals surface area contributed by atoms with Crippen LogP contribution in [0.15, 0.2) is 84.9 Å². The third-order valence-electron chi connectivity index (χ3n) is 4.59. The van der Waals surface area contributed by atoms with Crippen LogP contribution in [0, 0.1) is 0 Å². The lowest BCUT2D eigenvalue weighted by Gasteiger charge is -2.27. The summed E-state index contributed by atoms with van der Waals surface area (Å²) in [4.78, 5) is 28.8. The summed E-state index contributed by atoms with van der Waals surface area (Å²) in [6.07, 6.45) is 0. The van der Waals surface area contributed by atoms with Gasteiger partial charge in [0.05, 0.1) is 13.7 Å². The van der Waals surface area contributed by atoms with E-state index in [1.54, 1.807) is 36.3 Å². The molecule has 2 amide bonds. The first kappa shape index (κ1) is 20.1. The Hall–Kier alpha value is -3.60. The monoisotopic (exact) mass is 388 g/mol. The summed E-state index contributed by atoms with van der Waals surface area (Å²) in [7, 11) is 1.57. The molecular formula is C24H24N2O3. The number of ether oxygens (including phenoxy) is 1. The van der Waals surface area contributed by atoms with E-state index in [9.17, 15) is 9.59 Å². The van der Waals surface area contributed by atoms with Crippen LogP contribution in [0.1, 0.15) is 12.5 Å². The summed E-state index contributed by atoms with van der Waals surface area (Å²) in [6, 6.07) is 26.4. The molecule has 3 aromatic carbocycles. The quantitative estimate of drug-likeness (QED) is 0.607. The molecule has 0 saturated heterocycles. The van der Waals surface area contributed by atoms with Gasteiger partial charge in [-0.15, -0.1) is 0 Å². The van der Waals surface area contributed by atoms with Crippen molar-refractivity contribution in [2.45, 2.75) is 13.5 Å². The molecule has 0 saturated carbocycles. The van der Waals surface area contributed by atoms with Crippen molar-refractivity contribution < 1.29 is 14.3 Å². The Bertz CT molecular complexity index is 958. The molecule has 29 heavy (non-hydrogen) atoms. The minimum Gasteiger partial charge on any atom is -0.497 e. The molecule has 0 heterocycles. The van der Waals surface area contributed by atoms with Crippen molar-refractivity contribution in [2.24, 2.45) is 0 Å². The topological polar surface area (TPSA) is 49.9 Å². The van der Waals surface area contributed by atoms with Gasteiger partial charge >= 0.3 is 0 Å². The Morgan fingerprint density at radius 3 is 2.03 bits per heavy atom. The molecule has 5 heteroatoms. The number of nitrogens with zero attached hydrogens (tertiary/aromatic N) is 2. The van der Waals surface area contributed by atoms with Crippen LogP contribution in [0.25, 0.3) is 0 Å². The molecule has 0 unspecified atom stereocenters. The number of methoxy groups -OCH3 is 1. The van der Waals surface area contributed by atoms with E-state index in [4.69, 9.17) is 4.74 Å². The van der Waals surface area contributed by atoms with Crippen LogP contribution in [0.3, 0.4) is 0 Å². The molecule has 0 aliphatic carbocycles. The maximum Gasteiger partial charge on any atom is 0.247 e. The number of benzene rings is 3. The Kier molecular flexibility index (Phi) is 6.63. The average molecular weight is 388 g/mol. The van der Waals surface area contributed by atoms with E-state index in [0.29, 0.717) is 18.0 Å². The van der Waals surface area contributed by atoms with E-state index in [1.807, 2.05) is 60.7 Å². The zero-order valence-corrected chi connectivity index (χ0v) is 16.6. The predicted molar refractivity (Wildman–Crippen MR) is 115 cm³/mol. The van der Waals surface area contributed by atoms with Gasteiger partial charge in [-0.3, -0.25) is 9.59 Å². The van der Waals surface area contributed by atoms with Crippen LogP contribution in [0.4, 0.5) is 11.4 Å². The van der Waals surface area contributed by atoms with Gasteiger partial charge in [-0.2, -0.15) is 0 Å². The van der Waals surface area contributed by atoms with Crippen molar-refractivity contribution in [1.29, 1.82) is 0 Å². The highest BCUT2D eigenvalue weighted by atomic mass is 16.5. The number of carbonyl (C=O) groups is 2. The molecule has 0 fully saturated rings. The fourth-order valence-electron chi connectivity index (χ4n) is 3.08. The maximum absolute atomic E-state index is 13.3. The van der Waals surface area contributed by atoms with Crippen molar-refractivity contribution >= 4 is 23.2 Å². The number of hydrogen-bond donors (Lipinski definition) is 0. The Morgan fingerprint density at radius 2 is 1.41 bits per heavy atom. The maximum atomic E-state index is 13.3. The first-order valence-electron chi connectivity index (χ1n) is 9.40. The van der Waals surface area contributed by atoms with E-state index in [2.05, 4.69) is 0 Å². The van der Waals surface area contributed by atoms with Gasteiger partial charge in [-0.05, 0) is 29.8 Å². The molecular weight excluding hydrogens is 364 g/mol. The lowest BCUT2D eigenvalue weighted by Crippen LogP contribution is -2.42. The van der Waals surface area contributed by atoms with Crippen LogP contribution in [-0.4, -0.2) is 25.5 Å². The van der Waals surface area contributed by atoms with E-state index < -0.39 is 0 Å². The fraction of sp³-hybridized carbons (Fsp3) is 0.167. The zero-order valence-electron chi connectivity index (χ0n) is 16.6. The number of rotatable bonds is 7. The minimum absolute atomic E-state index is 0.0652. The lowest BCUT2D eigenvalue weighted by molar-refractivity contribution is -0.121. The van der Waals surface area contributed by atoms with Gasteiger partial charge < -0.3 is 14.5 Å². The first-order chi connectivity index (χ1) is 14.1. The minimum atomic E-state index is -0.209. The SMILES string of the molecule is COc1cccc(N(CC(=O)N(Cc2ccccc2)c2ccccc2)C(C)=O)c1. The Labute approximate surface area is 171 Å². The summed E-state index contributed by atoms with van der Waals surface area (Å²) in [5.41, 5.74) is 2.42. The second kappa shape index (κ2) is 9.55. The van der Waals surface area contributed by atoms with E-state index in [-0.39, 0.29) is 18.4 Å². The second-order valence-electron chi connectivity index (χ2n) is 6.61. The molecule has 3 aromatic rings. The van der Waals surface area contributed by atoms with Crippen molar-refractivity contribution in [3.8, 4) is 5.75 Å². The smallest absolute Gasteiger partial charge is 0.247 e. The normalized spacial score (nSPS) is 10.3. The van der Waals surface area contributed by atoms with Gasteiger partial charge in [0.2, 0.25) is 11.8 Å². The van der Waals surface area contributed by atoms with Crippen molar-refractivity contribution in [3.63, 3.8) is 0 Å². The summed E-state index contributed by atoms with van der Waals surface area (Å²) in [5, 5.41) is 0. The summed E-state index contributed by atoms with van der Waals surface area (Å²) in [5.74, 6) is 0.253. The molecule has 0 atom stereocenters. The van der Waals surface area contributed by atoms with E-state index in [0.717, 1.165) is 11.3 Å². The number of amides is 2. The van der Waals surface area contributed by atoms with Crippen LogP contribution in [-0.2, 0) is 16.1 Å². The average Bonchev–Trinajstić information content (AvgIpc) is 2.76. The van der Waals surface area contributed by atoms with E-state index in [1.165, 1.54) is 11.8 Å². The number of anilines is 2. The van der Waals surface area contributed by atoms with Crippen molar-refractivity contribution in [1.82, 2.24) is 0 Å². The molecule has 5 nitrogen and oxygen atoms in total. The van der Waals surface area contributed by atoms with Gasteiger partial charge in [0, 0.05) is 24.4 Å². The van der Waals surface area contributed by atoms with E-state index >= 15 is 0 Å². The lowest BCUT2D eigenvalue weighted by atomic mass is 10.2. The largest absolute Gasteiger partial charge is 0.497 e. The number of para-hydroxylation sites is 1. The molecule has 0 spiro atoms. The third kappa shape index (κ3) is 5.23. The van der Waals surface area contributed by atoms with Gasteiger partial charge in [-0.25, -0.2) is 0 Å². The first-order valence-corrected chi connectivity index (χ1v) is 9.40. The molecule has 0 aliphatic heterocycles. The standard InChI is InChI=1S/C24H24N2O3/c1-19(27)25(22-14-9-15-23(16-22)29-2)18-24(28)26(21-12-7-4-8-13-21)17-20-10-5-3-6-11-20/h3-16H,17-18H2,1-2H3. The van der Waals surface area contributed by atoms with Crippen LogP contribution in [0.5, 0.6) is 5.75 Å². The van der Waals surface area contributed by atoms with Crippen LogP contribution in [0.2, 0.25) is 0 Å². The second-order valence-corrected chi connectivity index (χ2v) is 6.61. The van der Waals surface area contributed by atoms with Gasteiger partial charge in [0.25, 0.3) is 0 Å². The van der Waals surface area contributed by atoms with Crippen LogP contribution >= 0.6 is 0 Å². The van der Waals surface area contributed by atoms with Gasteiger partial charge in [-0.1, -0.05) is 54.6 Å². The predicted octanol–water partition coefficient (Wildman–Crippen LogP) is 4.28. The number of carbonyl (C=O) groups excluding carboxylic acids is 2. The highest BCUT2D eigenvalue weighted by Gasteiger charge is 2.22. The molecule has 0 aromatic heterocycles. The molecule has 148 valence electrons. The molecule has 0 N–H and O–H groups in total. The Balaban J connectivity index is 1.88. The third-order valence-corrected chi connectivity index (χ3v) is 4.59. The summed E-state index contributed by atoms with van der Waals surface area (Å²) >= 11 is 0. The number of hydrogen-bond acceptors (Lipinski definition) is 3. The molecule has 3 rings (SSSR count). The van der Waals surface area contributed by atoms with Crippen molar-refractivity contribution in [2.75, 3.05) is 23.5 Å². The van der Waals surface area contributed by atoms with Gasteiger partial charge in [0.15, 0.2) is 0 Å². The molecule has 0 aliphatic rings.